The largest absolute Gasteiger partial charge is 0.489 e. The molecule has 1 aliphatic heterocycles. The number of carboxylic acid groups (broad SMARTS) is 2. The smallest absolute Gasteiger partial charge is 0.323 e. The van der Waals surface area contributed by atoms with Crippen LogP contribution in [0, 0.1) is 0 Å². The highest BCUT2D eigenvalue weighted by atomic mass is 16.5. The van der Waals surface area contributed by atoms with Crippen LogP contribution in [0.1, 0.15) is 0 Å². The third-order valence-corrected chi connectivity index (χ3v) is 6.51. The third-order valence-electron chi connectivity index (χ3n) is 6.51. The predicted octanol–water partition coefficient (Wildman–Crippen LogP) is 3.30. The van der Waals surface area contributed by atoms with Crippen LogP contribution in [0.3, 0.4) is 0 Å². The first-order valence-electron chi connectivity index (χ1n) is 12.7. The molecule has 0 unspecified atom stereocenters. The standard InChI is InChI=1S/C30H33N3O7/c1-31(2)20-7-9-22-25(15-20)40-26-16-21(32(3)4)8-10-23(26)30(22)19-6-11-24(27(14-19)39-13-12-38-5)33(17-28(34)35)18-29(36)37/h6-11,14-16H,12-13,17-18H2,1-5H3,(H-,34,35,36,37)/p+1. The average Bonchev–Trinajstić information content (AvgIpc) is 2.90. The van der Waals surface area contributed by atoms with Gasteiger partial charge in [-0.15, -0.1) is 0 Å². The Hall–Kier alpha value is -4.57. The number of anilines is 2. The normalized spacial score (nSPS) is 11.0. The minimum Gasteiger partial charge on any atom is -0.489 e. The summed E-state index contributed by atoms with van der Waals surface area (Å²) in [4.78, 5) is 26.4. The number of rotatable bonds is 11. The quantitative estimate of drug-likeness (QED) is 0.165. The molecule has 0 radical (unpaired) electrons. The van der Waals surface area contributed by atoms with Gasteiger partial charge in [0.15, 0.2) is 0 Å². The summed E-state index contributed by atoms with van der Waals surface area (Å²) in [6, 6.07) is 17.4. The molecule has 4 rings (SSSR count). The number of carbonyl (C=O) groups is 2. The van der Waals surface area contributed by atoms with E-state index in [1.165, 1.54) is 4.90 Å². The van der Waals surface area contributed by atoms with Crippen LogP contribution in [-0.2, 0) is 14.3 Å². The fourth-order valence-corrected chi connectivity index (χ4v) is 4.57. The Labute approximate surface area is 232 Å². The molecule has 2 aliphatic rings. The van der Waals surface area contributed by atoms with Crippen molar-refractivity contribution in [1.29, 1.82) is 0 Å². The number of carboxylic acids is 2. The summed E-state index contributed by atoms with van der Waals surface area (Å²) in [5, 5.41) is 20.8. The van der Waals surface area contributed by atoms with Crippen molar-refractivity contribution in [3.63, 3.8) is 0 Å². The summed E-state index contributed by atoms with van der Waals surface area (Å²) >= 11 is 0. The maximum atomic E-state index is 11.6. The topological polar surface area (TPSA) is 116 Å². The Morgan fingerprint density at radius 2 is 1.65 bits per heavy atom. The van der Waals surface area contributed by atoms with E-state index in [1.807, 2.05) is 86.2 Å². The molecular weight excluding hydrogens is 514 g/mol. The van der Waals surface area contributed by atoms with E-state index in [4.69, 9.17) is 13.9 Å². The molecule has 40 heavy (non-hydrogen) atoms. The molecule has 0 spiro atoms. The molecule has 210 valence electrons. The Morgan fingerprint density at radius 3 is 2.27 bits per heavy atom. The Kier molecular flexibility index (Phi) is 8.59. The minimum absolute atomic E-state index is 0.199. The lowest BCUT2D eigenvalue weighted by molar-refractivity contribution is -0.136. The maximum Gasteiger partial charge on any atom is 0.323 e. The van der Waals surface area contributed by atoms with E-state index >= 15 is 0 Å². The highest BCUT2D eigenvalue weighted by Crippen LogP contribution is 2.43. The van der Waals surface area contributed by atoms with Gasteiger partial charge in [0.1, 0.15) is 50.9 Å². The van der Waals surface area contributed by atoms with Crippen molar-refractivity contribution in [3.05, 3.63) is 60.0 Å². The lowest BCUT2D eigenvalue weighted by atomic mass is 9.93. The van der Waals surface area contributed by atoms with Crippen molar-refractivity contribution in [1.82, 2.24) is 4.58 Å². The number of hydrogen-bond acceptors (Lipinski definition) is 7. The fraction of sp³-hybridized carbons (Fsp3) is 0.300. The first kappa shape index (κ1) is 28.4. The molecule has 0 saturated carbocycles. The zero-order valence-electron chi connectivity index (χ0n) is 23.3. The lowest BCUT2D eigenvalue weighted by Crippen LogP contribution is -2.34. The minimum atomic E-state index is -1.15. The van der Waals surface area contributed by atoms with Gasteiger partial charge in [-0.1, -0.05) is 6.07 Å². The van der Waals surface area contributed by atoms with Gasteiger partial charge in [0.05, 0.1) is 18.4 Å². The molecule has 0 saturated heterocycles. The molecule has 10 heteroatoms. The highest BCUT2D eigenvalue weighted by Gasteiger charge is 2.23. The first-order chi connectivity index (χ1) is 19.1. The number of nitrogens with zero attached hydrogens (tertiary/aromatic N) is 3. The van der Waals surface area contributed by atoms with Gasteiger partial charge in [-0.2, -0.15) is 0 Å². The van der Waals surface area contributed by atoms with Gasteiger partial charge in [-0.25, -0.2) is 4.58 Å². The molecule has 1 heterocycles. The number of fused-ring (bicyclic) bond motifs is 2. The van der Waals surface area contributed by atoms with Gasteiger partial charge >= 0.3 is 11.9 Å². The number of hydrogen-bond donors (Lipinski definition) is 2. The Morgan fingerprint density at radius 1 is 0.925 bits per heavy atom. The number of methoxy groups -OCH3 is 1. The molecule has 0 fully saturated rings. The van der Waals surface area contributed by atoms with Crippen LogP contribution >= 0.6 is 0 Å². The van der Waals surface area contributed by atoms with E-state index in [0.29, 0.717) is 29.4 Å². The summed E-state index contributed by atoms with van der Waals surface area (Å²) < 4.78 is 19.6. The zero-order chi connectivity index (χ0) is 29.0. The lowest BCUT2D eigenvalue weighted by Gasteiger charge is -2.25. The second-order valence-corrected chi connectivity index (χ2v) is 9.79. The molecular formula is C30H34N3O7+. The van der Waals surface area contributed by atoms with E-state index in [-0.39, 0.29) is 6.61 Å². The van der Waals surface area contributed by atoms with E-state index in [9.17, 15) is 19.8 Å². The van der Waals surface area contributed by atoms with Crippen LogP contribution in [0.5, 0.6) is 5.75 Å². The average molecular weight is 549 g/mol. The summed E-state index contributed by atoms with van der Waals surface area (Å²) in [6.07, 6.45) is 0. The first-order valence-corrected chi connectivity index (χ1v) is 12.7. The van der Waals surface area contributed by atoms with Crippen LogP contribution in [0.25, 0.3) is 33.4 Å². The van der Waals surface area contributed by atoms with Crippen molar-refractivity contribution < 1.29 is 33.7 Å². The molecule has 0 amide bonds. The van der Waals surface area contributed by atoms with E-state index in [2.05, 4.69) is 0 Å². The van der Waals surface area contributed by atoms with Crippen LogP contribution in [-0.4, -0.2) is 83.8 Å². The summed E-state index contributed by atoms with van der Waals surface area (Å²) in [5.41, 5.74) is 4.67. The summed E-state index contributed by atoms with van der Waals surface area (Å²) in [7, 11) is 9.42. The fourth-order valence-electron chi connectivity index (χ4n) is 4.57. The van der Waals surface area contributed by atoms with Crippen molar-refractivity contribution in [2.75, 3.05) is 71.4 Å². The molecule has 2 N–H and O–H groups in total. The zero-order valence-corrected chi connectivity index (χ0v) is 23.3. The van der Waals surface area contributed by atoms with E-state index in [1.54, 1.807) is 13.2 Å². The molecule has 0 atom stereocenters. The maximum absolute atomic E-state index is 11.6. The highest BCUT2D eigenvalue weighted by molar-refractivity contribution is 6.03. The second-order valence-electron chi connectivity index (χ2n) is 9.79. The van der Waals surface area contributed by atoms with Crippen molar-refractivity contribution in [3.8, 4) is 28.2 Å². The van der Waals surface area contributed by atoms with Crippen LogP contribution in [0.15, 0.2) is 59.0 Å². The van der Waals surface area contributed by atoms with Crippen molar-refractivity contribution in [2.24, 2.45) is 0 Å². The Balaban J connectivity index is 1.99. The van der Waals surface area contributed by atoms with E-state index in [0.717, 1.165) is 33.1 Å². The van der Waals surface area contributed by atoms with Gasteiger partial charge in [-0.3, -0.25) is 9.59 Å². The number of ether oxygens (including phenoxy) is 2. The predicted molar refractivity (Wildman–Crippen MR) is 155 cm³/mol. The molecule has 2 aromatic rings. The van der Waals surface area contributed by atoms with Crippen molar-refractivity contribution >= 4 is 34.3 Å². The van der Waals surface area contributed by atoms with Gasteiger partial charge in [-0.05, 0) is 35.9 Å². The van der Waals surface area contributed by atoms with Crippen LogP contribution in [0.2, 0.25) is 0 Å². The Bertz CT molecular complexity index is 1570. The van der Waals surface area contributed by atoms with Gasteiger partial charge in [0.25, 0.3) is 0 Å². The summed E-state index contributed by atoms with van der Waals surface area (Å²) in [6.45, 7) is -0.491. The van der Waals surface area contributed by atoms with Crippen LogP contribution in [0.4, 0.5) is 11.4 Å². The molecule has 2 aromatic carbocycles. The van der Waals surface area contributed by atoms with Crippen molar-refractivity contribution in [2.45, 2.75) is 0 Å². The SMILES string of the molecule is COCCOc1cc(-c2c3ccc(=[N+](C)C)cc-3oc3cc(N(C)C)ccc23)ccc1N(CC(=O)O)CC(=O)O. The third kappa shape index (κ3) is 6.18. The molecule has 10 nitrogen and oxygen atoms in total. The molecule has 0 aromatic heterocycles. The second kappa shape index (κ2) is 12.1. The molecule has 0 bridgehead atoms. The number of benzene rings is 3. The van der Waals surface area contributed by atoms with E-state index < -0.39 is 25.0 Å². The molecule has 1 aliphatic carbocycles. The van der Waals surface area contributed by atoms with Gasteiger partial charge in [0, 0.05) is 55.5 Å². The monoisotopic (exact) mass is 548 g/mol. The van der Waals surface area contributed by atoms with Gasteiger partial charge < -0.3 is 33.9 Å². The van der Waals surface area contributed by atoms with Gasteiger partial charge in [0.2, 0.25) is 5.36 Å². The van der Waals surface area contributed by atoms with Crippen LogP contribution < -0.4 is 24.5 Å². The number of aliphatic carboxylic acids is 2. The summed E-state index contributed by atoms with van der Waals surface area (Å²) in [5.74, 6) is -1.24.